The maximum Gasteiger partial charge on any atom is 0.245 e. The van der Waals surface area contributed by atoms with E-state index in [9.17, 15) is 8.42 Å². The third kappa shape index (κ3) is 2.42. The van der Waals surface area contributed by atoms with Gasteiger partial charge >= 0.3 is 0 Å². The molecule has 5 nitrogen and oxygen atoms in total. The summed E-state index contributed by atoms with van der Waals surface area (Å²) in [7, 11) is -3.68. The minimum Gasteiger partial charge on any atom is -0.492 e. The molecule has 1 aliphatic rings. The maximum absolute atomic E-state index is 12.1. The number of sulfonamides is 1. The fourth-order valence-electron chi connectivity index (χ4n) is 1.88. The van der Waals surface area contributed by atoms with Crippen molar-refractivity contribution in [1.29, 1.82) is 0 Å². The molecule has 3 N–H and O–H groups in total. The molecule has 0 spiro atoms. The Morgan fingerprint density at radius 2 is 2.28 bits per heavy atom. The highest BCUT2D eigenvalue weighted by Crippen LogP contribution is 2.34. The smallest absolute Gasteiger partial charge is 0.245 e. The monoisotopic (exact) mass is 266 g/mol. The molecule has 1 aromatic carbocycles. The number of hydrogen-bond acceptors (Lipinski definition) is 4. The van der Waals surface area contributed by atoms with E-state index >= 15 is 0 Å². The van der Waals surface area contributed by atoms with E-state index in [-0.39, 0.29) is 11.4 Å². The first-order chi connectivity index (χ1) is 8.54. The van der Waals surface area contributed by atoms with E-state index in [1.54, 1.807) is 6.07 Å². The number of nitrogen functional groups attached to an aromatic ring is 1. The summed E-state index contributed by atoms with van der Waals surface area (Å²) in [4.78, 5) is 0.0625. The van der Waals surface area contributed by atoms with Crippen LogP contribution in [0.25, 0.3) is 0 Å². The Balaban J connectivity index is 2.50. The van der Waals surface area contributed by atoms with Gasteiger partial charge in [0, 0.05) is 5.69 Å². The molecule has 6 heteroatoms. The van der Waals surface area contributed by atoms with Crippen molar-refractivity contribution in [3.63, 3.8) is 0 Å². The number of ether oxygens (including phenoxy) is 1. The van der Waals surface area contributed by atoms with Gasteiger partial charge in [-0.25, -0.2) is 8.42 Å². The van der Waals surface area contributed by atoms with Crippen molar-refractivity contribution in [1.82, 2.24) is 4.72 Å². The second-order valence-corrected chi connectivity index (χ2v) is 5.72. The van der Waals surface area contributed by atoms with E-state index in [4.69, 9.17) is 16.9 Å². The van der Waals surface area contributed by atoms with E-state index < -0.39 is 10.0 Å². The Bertz CT molecular complexity index is 602. The van der Waals surface area contributed by atoms with Crippen molar-refractivity contribution in [2.45, 2.75) is 17.7 Å². The van der Waals surface area contributed by atoms with Crippen LogP contribution in [0.5, 0.6) is 5.75 Å². The molecule has 0 unspecified atom stereocenters. The number of nitrogens with one attached hydrogen (secondary N) is 1. The molecule has 0 amide bonds. The average molecular weight is 266 g/mol. The Kier molecular flexibility index (Phi) is 3.45. The van der Waals surface area contributed by atoms with Gasteiger partial charge in [-0.2, -0.15) is 4.72 Å². The number of aryl methyl sites for hydroxylation is 1. The maximum atomic E-state index is 12.1. The average Bonchev–Trinajstić information content (AvgIpc) is 2.35. The fraction of sp³-hybridized carbons (Fsp3) is 0.333. The second-order valence-electron chi connectivity index (χ2n) is 3.99. The van der Waals surface area contributed by atoms with Crippen LogP contribution in [0, 0.1) is 12.3 Å². The summed E-state index contributed by atoms with van der Waals surface area (Å²) >= 11 is 0. The van der Waals surface area contributed by atoms with Crippen LogP contribution in [0.2, 0.25) is 0 Å². The van der Waals surface area contributed by atoms with Gasteiger partial charge in [-0.15, -0.1) is 6.42 Å². The van der Waals surface area contributed by atoms with Gasteiger partial charge in [-0.3, -0.25) is 0 Å². The van der Waals surface area contributed by atoms with E-state index in [1.807, 2.05) is 0 Å². The van der Waals surface area contributed by atoms with Crippen LogP contribution >= 0.6 is 0 Å². The van der Waals surface area contributed by atoms with Crippen molar-refractivity contribution in [2.24, 2.45) is 0 Å². The SMILES string of the molecule is C#CCNS(=O)(=O)c1cc(N)cc2c1OCCC2. The molecular weight excluding hydrogens is 252 g/mol. The highest BCUT2D eigenvalue weighted by atomic mass is 32.2. The van der Waals surface area contributed by atoms with Gasteiger partial charge in [0.15, 0.2) is 0 Å². The molecule has 0 aliphatic carbocycles. The van der Waals surface area contributed by atoms with E-state index in [1.165, 1.54) is 6.07 Å². The molecule has 1 heterocycles. The summed E-state index contributed by atoms with van der Waals surface area (Å²) in [5.41, 5.74) is 6.94. The Morgan fingerprint density at radius 1 is 1.50 bits per heavy atom. The van der Waals surface area contributed by atoms with Crippen LogP contribution in [-0.2, 0) is 16.4 Å². The second kappa shape index (κ2) is 4.88. The first-order valence-electron chi connectivity index (χ1n) is 5.53. The summed E-state index contributed by atoms with van der Waals surface area (Å²) in [6.07, 6.45) is 6.67. The van der Waals surface area contributed by atoms with Crippen molar-refractivity contribution < 1.29 is 13.2 Å². The molecule has 0 saturated heterocycles. The lowest BCUT2D eigenvalue weighted by atomic mass is 10.1. The predicted octanol–water partition coefficient (Wildman–Crippen LogP) is 0.505. The van der Waals surface area contributed by atoms with Crippen molar-refractivity contribution in [3.8, 4) is 18.1 Å². The van der Waals surface area contributed by atoms with Gasteiger partial charge in [-0.1, -0.05) is 5.92 Å². The summed E-state index contributed by atoms with van der Waals surface area (Å²) < 4.78 is 31.9. The standard InChI is InChI=1S/C12H14N2O3S/c1-2-5-14-18(15,16)11-8-10(13)7-9-4-3-6-17-12(9)11/h1,7-8,14H,3-6,13H2. The molecule has 0 saturated carbocycles. The molecule has 0 aromatic heterocycles. The first-order valence-corrected chi connectivity index (χ1v) is 7.01. The zero-order chi connectivity index (χ0) is 13.2. The van der Waals surface area contributed by atoms with Crippen molar-refractivity contribution >= 4 is 15.7 Å². The van der Waals surface area contributed by atoms with E-state index in [2.05, 4.69) is 10.6 Å². The zero-order valence-electron chi connectivity index (χ0n) is 9.77. The molecular formula is C12H14N2O3S. The quantitative estimate of drug-likeness (QED) is 0.617. The molecule has 2 rings (SSSR count). The number of hydrogen-bond donors (Lipinski definition) is 2. The Hall–Kier alpha value is -1.71. The van der Waals surface area contributed by atoms with Crippen molar-refractivity contribution in [3.05, 3.63) is 17.7 Å². The molecule has 1 aliphatic heterocycles. The van der Waals surface area contributed by atoms with E-state index in [0.717, 1.165) is 18.4 Å². The van der Waals surface area contributed by atoms with Crippen LogP contribution < -0.4 is 15.2 Å². The Morgan fingerprint density at radius 3 is 3.00 bits per heavy atom. The van der Waals surface area contributed by atoms with Gasteiger partial charge in [-0.05, 0) is 30.5 Å². The highest BCUT2D eigenvalue weighted by molar-refractivity contribution is 7.89. The van der Waals surface area contributed by atoms with Crippen LogP contribution in [0.4, 0.5) is 5.69 Å². The number of nitrogens with two attached hydrogens (primary N) is 1. The normalized spacial score (nSPS) is 14.4. The summed E-state index contributed by atoms with van der Waals surface area (Å²) in [6, 6.07) is 3.14. The number of benzene rings is 1. The first kappa shape index (κ1) is 12.7. The number of rotatable bonds is 3. The minimum absolute atomic E-state index is 0.0625. The molecule has 0 atom stereocenters. The third-order valence-corrected chi connectivity index (χ3v) is 4.05. The summed E-state index contributed by atoms with van der Waals surface area (Å²) in [5.74, 6) is 2.61. The van der Waals surface area contributed by atoms with Gasteiger partial charge in [0.1, 0.15) is 10.6 Å². The van der Waals surface area contributed by atoms with Crippen LogP contribution in [0.15, 0.2) is 17.0 Å². The summed E-state index contributed by atoms with van der Waals surface area (Å²) in [6.45, 7) is 0.445. The number of terminal acetylenes is 1. The van der Waals surface area contributed by atoms with E-state index in [0.29, 0.717) is 18.0 Å². The molecule has 0 radical (unpaired) electrons. The molecule has 0 bridgehead atoms. The van der Waals surface area contributed by atoms with Crippen LogP contribution in [0.1, 0.15) is 12.0 Å². The highest BCUT2D eigenvalue weighted by Gasteiger charge is 2.24. The zero-order valence-corrected chi connectivity index (χ0v) is 10.6. The van der Waals surface area contributed by atoms with Crippen LogP contribution in [-0.4, -0.2) is 21.6 Å². The molecule has 18 heavy (non-hydrogen) atoms. The minimum atomic E-state index is -3.68. The lowest BCUT2D eigenvalue weighted by Crippen LogP contribution is -2.25. The Labute approximate surface area is 106 Å². The number of fused-ring (bicyclic) bond motifs is 1. The van der Waals surface area contributed by atoms with Gasteiger partial charge in [0.25, 0.3) is 0 Å². The largest absolute Gasteiger partial charge is 0.492 e. The lowest BCUT2D eigenvalue weighted by Gasteiger charge is -2.20. The molecule has 96 valence electrons. The van der Waals surface area contributed by atoms with Gasteiger partial charge in [0.2, 0.25) is 10.0 Å². The van der Waals surface area contributed by atoms with Crippen molar-refractivity contribution in [2.75, 3.05) is 18.9 Å². The third-order valence-electron chi connectivity index (χ3n) is 2.64. The topological polar surface area (TPSA) is 81.4 Å². The number of anilines is 1. The fourth-order valence-corrected chi connectivity index (χ4v) is 3.04. The lowest BCUT2D eigenvalue weighted by molar-refractivity contribution is 0.280. The predicted molar refractivity (Wildman–Crippen MR) is 68.7 cm³/mol. The van der Waals surface area contributed by atoms with Gasteiger partial charge in [0.05, 0.1) is 13.2 Å². The molecule has 1 aromatic rings. The van der Waals surface area contributed by atoms with Crippen LogP contribution in [0.3, 0.4) is 0 Å². The summed E-state index contributed by atoms with van der Waals surface area (Å²) in [5, 5.41) is 0. The molecule has 0 fully saturated rings. The van der Waals surface area contributed by atoms with Gasteiger partial charge < -0.3 is 10.5 Å².